The molecule has 3 heteroatoms. The van der Waals surface area contributed by atoms with Gasteiger partial charge in [-0.25, -0.2) is 0 Å². The second-order valence-electron chi connectivity index (χ2n) is 4.90. The normalized spacial score (nSPS) is 24.0. The van der Waals surface area contributed by atoms with E-state index in [0.717, 1.165) is 44.9 Å². The molecule has 1 aliphatic carbocycles. The van der Waals surface area contributed by atoms with Crippen molar-refractivity contribution in [3.05, 3.63) is 0 Å². The fraction of sp³-hybridized carbons (Fsp3) is 0.786. The van der Waals surface area contributed by atoms with Gasteiger partial charge in [0.25, 0.3) is 0 Å². The van der Waals surface area contributed by atoms with E-state index >= 15 is 0 Å². The van der Waals surface area contributed by atoms with Crippen molar-refractivity contribution in [3.8, 4) is 12.3 Å². The summed E-state index contributed by atoms with van der Waals surface area (Å²) in [4.78, 5) is 11.5. The molecular weight excluding hydrogens is 214 g/mol. The van der Waals surface area contributed by atoms with Gasteiger partial charge in [0.2, 0.25) is 5.91 Å². The van der Waals surface area contributed by atoms with Crippen LogP contribution in [0, 0.1) is 18.3 Å². The second kappa shape index (κ2) is 8.14. The molecule has 1 saturated carbocycles. The third-order valence-corrected chi connectivity index (χ3v) is 3.32. The predicted molar refractivity (Wildman–Crippen MR) is 68.3 cm³/mol. The van der Waals surface area contributed by atoms with E-state index in [1.807, 2.05) is 0 Å². The smallest absolute Gasteiger partial charge is 0.220 e. The molecular formula is C14H23NO2. The molecule has 0 heterocycles. The Kier molecular flexibility index (Phi) is 6.73. The molecule has 2 atom stereocenters. The SMILES string of the molecule is C#CCCCCC(=O)NCC1CCCC(O)C1. The van der Waals surface area contributed by atoms with Crippen LogP contribution < -0.4 is 5.32 Å². The predicted octanol–water partition coefficient (Wildman–Crippen LogP) is 1.85. The highest BCUT2D eigenvalue weighted by molar-refractivity contribution is 5.75. The van der Waals surface area contributed by atoms with Gasteiger partial charge in [0.05, 0.1) is 6.10 Å². The van der Waals surface area contributed by atoms with E-state index in [-0.39, 0.29) is 12.0 Å². The summed E-state index contributed by atoms with van der Waals surface area (Å²) in [5.41, 5.74) is 0. The maximum absolute atomic E-state index is 11.5. The number of unbranched alkanes of at least 4 members (excludes halogenated alkanes) is 2. The molecule has 0 saturated heterocycles. The van der Waals surface area contributed by atoms with Gasteiger partial charge in [-0.1, -0.05) is 6.42 Å². The van der Waals surface area contributed by atoms with E-state index in [1.165, 1.54) is 0 Å². The number of nitrogens with one attached hydrogen (secondary N) is 1. The molecule has 0 bridgehead atoms. The standard InChI is InChI=1S/C14H23NO2/c1-2-3-4-5-9-14(17)15-11-12-7-6-8-13(16)10-12/h1,12-13,16H,3-11H2,(H,15,17). The summed E-state index contributed by atoms with van der Waals surface area (Å²) in [6.45, 7) is 0.713. The van der Waals surface area contributed by atoms with Gasteiger partial charge < -0.3 is 10.4 Å². The zero-order valence-corrected chi connectivity index (χ0v) is 10.5. The number of rotatable bonds is 6. The number of carbonyl (C=O) groups is 1. The number of hydrogen-bond acceptors (Lipinski definition) is 2. The topological polar surface area (TPSA) is 49.3 Å². The third-order valence-electron chi connectivity index (χ3n) is 3.32. The first-order valence-corrected chi connectivity index (χ1v) is 6.60. The van der Waals surface area contributed by atoms with E-state index in [2.05, 4.69) is 11.2 Å². The van der Waals surface area contributed by atoms with Crippen molar-refractivity contribution in [3.63, 3.8) is 0 Å². The zero-order chi connectivity index (χ0) is 12.5. The molecule has 2 N–H and O–H groups in total. The fourth-order valence-corrected chi connectivity index (χ4v) is 2.31. The van der Waals surface area contributed by atoms with E-state index < -0.39 is 0 Å². The number of hydrogen-bond donors (Lipinski definition) is 2. The molecule has 0 radical (unpaired) electrons. The van der Waals surface area contributed by atoms with Crippen LogP contribution in [-0.4, -0.2) is 23.7 Å². The number of carbonyl (C=O) groups excluding carboxylic acids is 1. The van der Waals surface area contributed by atoms with Crippen molar-refractivity contribution in [2.24, 2.45) is 5.92 Å². The van der Waals surface area contributed by atoms with Crippen molar-refractivity contribution in [2.75, 3.05) is 6.54 Å². The Bertz CT molecular complexity index is 270. The van der Waals surface area contributed by atoms with Gasteiger partial charge in [-0.15, -0.1) is 12.3 Å². The van der Waals surface area contributed by atoms with Crippen LogP contribution in [-0.2, 0) is 4.79 Å². The molecule has 0 aromatic carbocycles. The number of amides is 1. The van der Waals surface area contributed by atoms with Crippen LogP contribution in [0.2, 0.25) is 0 Å². The van der Waals surface area contributed by atoms with Gasteiger partial charge in [0.15, 0.2) is 0 Å². The van der Waals surface area contributed by atoms with Gasteiger partial charge >= 0.3 is 0 Å². The molecule has 0 aromatic heterocycles. The van der Waals surface area contributed by atoms with Gasteiger partial charge in [0, 0.05) is 19.4 Å². The van der Waals surface area contributed by atoms with E-state index in [0.29, 0.717) is 18.9 Å². The summed E-state index contributed by atoms with van der Waals surface area (Å²) in [5, 5.41) is 12.5. The van der Waals surface area contributed by atoms with Crippen LogP contribution in [0.3, 0.4) is 0 Å². The lowest BCUT2D eigenvalue weighted by Crippen LogP contribution is -2.32. The molecule has 0 spiro atoms. The number of terminal acetylenes is 1. The highest BCUT2D eigenvalue weighted by Crippen LogP contribution is 2.23. The van der Waals surface area contributed by atoms with Crippen molar-refractivity contribution in [1.29, 1.82) is 0 Å². The Labute approximate surface area is 104 Å². The molecule has 17 heavy (non-hydrogen) atoms. The average Bonchev–Trinajstić information content (AvgIpc) is 2.32. The Hall–Kier alpha value is -1.01. The zero-order valence-electron chi connectivity index (χ0n) is 10.5. The minimum absolute atomic E-state index is 0.113. The summed E-state index contributed by atoms with van der Waals surface area (Å²) in [6, 6.07) is 0. The van der Waals surface area contributed by atoms with Crippen molar-refractivity contribution in [2.45, 2.75) is 57.5 Å². The van der Waals surface area contributed by atoms with Gasteiger partial charge in [0.1, 0.15) is 0 Å². The third kappa shape index (κ3) is 6.33. The maximum atomic E-state index is 11.5. The Balaban J connectivity index is 2.05. The van der Waals surface area contributed by atoms with Crippen LogP contribution in [0.5, 0.6) is 0 Å². The lowest BCUT2D eigenvalue weighted by Gasteiger charge is -2.25. The Morgan fingerprint density at radius 2 is 2.24 bits per heavy atom. The van der Waals surface area contributed by atoms with Crippen molar-refractivity contribution < 1.29 is 9.90 Å². The van der Waals surface area contributed by atoms with Crippen molar-refractivity contribution in [1.82, 2.24) is 5.32 Å². The van der Waals surface area contributed by atoms with Crippen LogP contribution in [0.15, 0.2) is 0 Å². The summed E-state index contributed by atoms with van der Waals surface area (Å²) >= 11 is 0. The molecule has 0 aromatic rings. The molecule has 1 aliphatic rings. The van der Waals surface area contributed by atoms with Gasteiger partial charge in [-0.3, -0.25) is 4.79 Å². The molecule has 0 aliphatic heterocycles. The lowest BCUT2D eigenvalue weighted by atomic mass is 9.87. The first kappa shape index (κ1) is 14.1. The first-order valence-electron chi connectivity index (χ1n) is 6.60. The quantitative estimate of drug-likeness (QED) is 0.547. The Morgan fingerprint density at radius 1 is 1.41 bits per heavy atom. The van der Waals surface area contributed by atoms with E-state index in [4.69, 9.17) is 6.42 Å². The van der Waals surface area contributed by atoms with Crippen LogP contribution in [0.4, 0.5) is 0 Å². The molecule has 1 rings (SSSR count). The summed E-state index contributed by atoms with van der Waals surface area (Å²) in [5.74, 6) is 3.14. The summed E-state index contributed by atoms with van der Waals surface area (Å²) in [7, 11) is 0. The summed E-state index contributed by atoms with van der Waals surface area (Å²) < 4.78 is 0. The van der Waals surface area contributed by atoms with Crippen LogP contribution in [0.25, 0.3) is 0 Å². The van der Waals surface area contributed by atoms with E-state index in [1.54, 1.807) is 0 Å². The van der Waals surface area contributed by atoms with Crippen LogP contribution in [0.1, 0.15) is 51.4 Å². The molecule has 1 amide bonds. The monoisotopic (exact) mass is 237 g/mol. The largest absolute Gasteiger partial charge is 0.393 e. The average molecular weight is 237 g/mol. The van der Waals surface area contributed by atoms with E-state index in [9.17, 15) is 9.90 Å². The molecule has 3 nitrogen and oxygen atoms in total. The number of aliphatic hydroxyl groups excluding tert-OH is 1. The van der Waals surface area contributed by atoms with Crippen molar-refractivity contribution >= 4 is 5.91 Å². The van der Waals surface area contributed by atoms with Gasteiger partial charge in [-0.05, 0) is 38.0 Å². The minimum Gasteiger partial charge on any atom is -0.393 e. The highest BCUT2D eigenvalue weighted by atomic mass is 16.3. The minimum atomic E-state index is -0.165. The summed E-state index contributed by atoms with van der Waals surface area (Å²) in [6.07, 6.45) is 12.0. The highest BCUT2D eigenvalue weighted by Gasteiger charge is 2.20. The first-order chi connectivity index (χ1) is 8.22. The van der Waals surface area contributed by atoms with Crippen LogP contribution >= 0.6 is 0 Å². The second-order valence-corrected chi connectivity index (χ2v) is 4.90. The van der Waals surface area contributed by atoms with Gasteiger partial charge in [-0.2, -0.15) is 0 Å². The molecule has 96 valence electrons. The molecule has 2 unspecified atom stereocenters. The Morgan fingerprint density at radius 3 is 2.94 bits per heavy atom. The lowest BCUT2D eigenvalue weighted by molar-refractivity contribution is -0.121. The number of aliphatic hydroxyl groups is 1. The fourth-order valence-electron chi connectivity index (χ4n) is 2.31. The molecule has 1 fully saturated rings. The maximum Gasteiger partial charge on any atom is 0.220 e.